The highest BCUT2D eigenvalue weighted by Crippen LogP contribution is 2.20. The topological polar surface area (TPSA) is 72.7 Å². The molecule has 0 fully saturated rings. The minimum atomic E-state index is -0.0961. The minimum Gasteiger partial charge on any atom is -0.302 e. The molecule has 0 bridgehead atoms. The number of nitrogens with zero attached hydrogens (tertiary/aromatic N) is 4. The molecule has 8 heteroatoms. The molecule has 0 saturated carbocycles. The number of thiazole rings is 1. The van der Waals surface area contributed by atoms with Gasteiger partial charge in [-0.15, -0.1) is 21.5 Å². The number of aryl methyl sites for hydroxylation is 2. The molecule has 1 aromatic carbocycles. The number of anilines is 1. The molecular weight excluding hydrogens is 342 g/mol. The van der Waals surface area contributed by atoms with E-state index in [1.165, 1.54) is 28.7 Å². The van der Waals surface area contributed by atoms with Gasteiger partial charge in [-0.1, -0.05) is 42.1 Å². The van der Waals surface area contributed by atoms with Crippen LogP contribution in [0.15, 0.2) is 40.9 Å². The fourth-order valence-electron chi connectivity index (χ4n) is 2.11. The van der Waals surface area contributed by atoms with Gasteiger partial charge in [0.25, 0.3) is 0 Å². The number of carbonyl (C=O) groups is 1. The molecule has 2 aromatic heterocycles. The molecule has 24 heavy (non-hydrogen) atoms. The number of carbonyl (C=O) groups excluding carboxylic acids is 1. The van der Waals surface area contributed by atoms with Gasteiger partial charge in [0, 0.05) is 5.38 Å². The summed E-state index contributed by atoms with van der Waals surface area (Å²) in [4.78, 5) is 16.3. The van der Waals surface area contributed by atoms with Crippen molar-refractivity contribution in [2.45, 2.75) is 25.5 Å². The Bertz CT molecular complexity index is 828. The number of aromatic nitrogens is 4. The smallest absolute Gasteiger partial charge is 0.236 e. The van der Waals surface area contributed by atoms with Crippen molar-refractivity contribution in [3.63, 3.8) is 0 Å². The van der Waals surface area contributed by atoms with Gasteiger partial charge in [-0.3, -0.25) is 4.79 Å². The lowest BCUT2D eigenvalue weighted by Crippen LogP contribution is -2.14. The third kappa shape index (κ3) is 4.21. The Morgan fingerprint density at radius 1 is 1.25 bits per heavy atom. The average Bonchev–Trinajstić information content (AvgIpc) is 3.13. The second-order valence-corrected chi connectivity index (χ2v) is 7.03. The van der Waals surface area contributed by atoms with Gasteiger partial charge < -0.3 is 9.88 Å². The molecule has 0 radical (unpaired) electrons. The zero-order valence-electron chi connectivity index (χ0n) is 13.4. The highest BCUT2D eigenvalue weighted by Gasteiger charge is 2.13. The minimum absolute atomic E-state index is 0.0961. The van der Waals surface area contributed by atoms with Crippen molar-refractivity contribution in [1.29, 1.82) is 0 Å². The molecule has 0 unspecified atom stereocenters. The quantitative estimate of drug-likeness (QED) is 0.685. The summed E-state index contributed by atoms with van der Waals surface area (Å²) in [7, 11) is 0. The maximum Gasteiger partial charge on any atom is 0.236 e. The van der Waals surface area contributed by atoms with Crippen LogP contribution in [0.2, 0.25) is 0 Å². The zero-order chi connectivity index (χ0) is 16.9. The van der Waals surface area contributed by atoms with Crippen LogP contribution in [0.5, 0.6) is 0 Å². The van der Waals surface area contributed by atoms with Crippen molar-refractivity contribution in [2.75, 3.05) is 11.1 Å². The Hall–Kier alpha value is -2.19. The number of amides is 1. The van der Waals surface area contributed by atoms with Crippen LogP contribution in [0.25, 0.3) is 0 Å². The van der Waals surface area contributed by atoms with E-state index in [4.69, 9.17) is 0 Å². The van der Waals surface area contributed by atoms with Gasteiger partial charge in [-0.05, 0) is 19.4 Å². The number of benzene rings is 1. The van der Waals surface area contributed by atoms with Gasteiger partial charge in [-0.2, -0.15) is 0 Å². The number of hydrogen-bond donors (Lipinski definition) is 1. The summed E-state index contributed by atoms with van der Waals surface area (Å²) in [5, 5.41) is 14.4. The van der Waals surface area contributed by atoms with Crippen LogP contribution in [0, 0.1) is 13.8 Å². The highest BCUT2D eigenvalue weighted by molar-refractivity contribution is 7.99. The second-order valence-electron chi connectivity index (χ2n) is 5.23. The molecule has 1 N–H and O–H groups in total. The Morgan fingerprint density at radius 2 is 2.04 bits per heavy atom. The van der Waals surface area contributed by atoms with Crippen molar-refractivity contribution in [1.82, 2.24) is 19.7 Å². The summed E-state index contributed by atoms with van der Waals surface area (Å²) in [6, 6.07) is 10.1. The lowest BCUT2D eigenvalue weighted by Gasteiger charge is -2.08. The number of hydrogen-bond acceptors (Lipinski definition) is 6. The van der Waals surface area contributed by atoms with Gasteiger partial charge in [0.05, 0.1) is 18.0 Å². The molecule has 3 rings (SSSR count). The van der Waals surface area contributed by atoms with Gasteiger partial charge >= 0.3 is 0 Å². The Kier molecular flexibility index (Phi) is 5.27. The van der Waals surface area contributed by atoms with E-state index in [0.29, 0.717) is 11.7 Å². The van der Waals surface area contributed by atoms with E-state index >= 15 is 0 Å². The predicted molar refractivity (Wildman–Crippen MR) is 96.5 cm³/mol. The summed E-state index contributed by atoms with van der Waals surface area (Å²) < 4.78 is 2.01. The molecule has 0 saturated heterocycles. The van der Waals surface area contributed by atoms with E-state index in [9.17, 15) is 4.79 Å². The van der Waals surface area contributed by atoms with E-state index in [1.807, 2.05) is 42.0 Å². The Balaban J connectivity index is 1.62. The third-order valence-corrected chi connectivity index (χ3v) is 5.13. The van der Waals surface area contributed by atoms with Crippen LogP contribution < -0.4 is 5.32 Å². The maximum absolute atomic E-state index is 12.0. The SMILES string of the molecule is Cc1csc(NC(=O)CSc2nnc(C)n2Cc2ccccc2)n1. The van der Waals surface area contributed by atoms with Crippen LogP contribution in [-0.2, 0) is 11.3 Å². The first-order valence-electron chi connectivity index (χ1n) is 7.40. The van der Waals surface area contributed by atoms with E-state index in [2.05, 4.69) is 32.6 Å². The van der Waals surface area contributed by atoms with E-state index in [0.717, 1.165) is 16.7 Å². The summed E-state index contributed by atoms with van der Waals surface area (Å²) in [5.74, 6) is 1.00. The van der Waals surface area contributed by atoms with E-state index in [-0.39, 0.29) is 11.7 Å². The van der Waals surface area contributed by atoms with Gasteiger partial charge in [0.1, 0.15) is 5.82 Å². The first-order valence-corrected chi connectivity index (χ1v) is 9.27. The van der Waals surface area contributed by atoms with E-state index < -0.39 is 0 Å². The van der Waals surface area contributed by atoms with E-state index in [1.54, 1.807) is 0 Å². The second kappa shape index (κ2) is 7.59. The Labute approximate surface area is 148 Å². The molecule has 0 aliphatic rings. The van der Waals surface area contributed by atoms with Crippen LogP contribution >= 0.6 is 23.1 Å². The number of nitrogens with one attached hydrogen (secondary N) is 1. The monoisotopic (exact) mass is 359 g/mol. The summed E-state index contributed by atoms with van der Waals surface area (Å²) in [6.07, 6.45) is 0. The van der Waals surface area contributed by atoms with Crippen molar-refractivity contribution in [2.24, 2.45) is 0 Å². The van der Waals surface area contributed by atoms with Crippen molar-refractivity contribution < 1.29 is 4.79 Å². The lowest BCUT2D eigenvalue weighted by molar-refractivity contribution is -0.113. The Morgan fingerprint density at radius 3 is 2.75 bits per heavy atom. The predicted octanol–water partition coefficient (Wildman–Crippen LogP) is 3.13. The van der Waals surface area contributed by atoms with Crippen LogP contribution in [0.3, 0.4) is 0 Å². The average molecular weight is 359 g/mol. The molecule has 1 amide bonds. The van der Waals surface area contributed by atoms with Gasteiger partial charge in [-0.25, -0.2) is 4.98 Å². The molecule has 0 atom stereocenters. The van der Waals surface area contributed by atoms with Crippen LogP contribution in [0.1, 0.15) is 17.1 Å². The van der Waals surface area contributed by atoms with Crippen molar-refractivity contribution in [3.05, 3.63) is 52.8 Å². The fraction of sp³-hybridized carbons (Fsp3) is 0.250. The maximum atomic E-state index is 12.0. The molecule has 0 aliphatic carbocycles. The first-order chi connectivity index (χ1) is 11.6. The summed E-state index contributed by atoms with van der Waals surface area (Å²) >= 11 is 2.80. The lowest BCUT2D eigenvalue weighted by atomic mass is 10.2. The number of rotatable bonds is 6. The molecule has 124 valence electrons. The normalized spacial score (nSPS) is 10.8. The molecule has 3 aromatic rings. The summed E-state index contributed by atoms with van der Waals surface area (Å²) in [5.41, 5.74) is 2.08. The standard InChI is InChI=1S/C16H17N5OS2/c1-11-9-23-15(17-11)18-14(22)10-24-16-20-19-12(2)21(16)8-13-6-4-3-5-7-13/h3-7,9H,8,10H2,1-2H3,(H,17,18,22). The largest absolute Gasteiger partial charge is 0.302 e. The van der Waals surface area contributed by atoms with Gasteiger partial charge in [0.2, 0.25) is 5.91 Å². The van der Waals surface area contributed by atoms with Crippen molar-refractivity contribution in [3.8, 4) is 0 Å². The fourth-order valence-corrected chi connectivity index (χ4v) is 3.60. The van der Waals surface area contributed by atoms with Crippen LogP contribution in [0.4, 0.5) is 5.13 Å². The molecular formula is C16H17N5OS2. The third-order valence-electron chi connectivity index (χ3n) is 3.28. The molecule has 2 heterocycles. The van der Waals surface area contributed by atoms with Crippen LogP contribution in [-0.4, -0.2) is 31.4 Å². The highest BCUT2D eigenvalue weighted by atomic mass is 32.2. The number of thioether (sulfide) groups is 1. The summed E-state index contributed by atoms with van der Waals surface area (Å²) in [6.45, 7) is 4.50. The molecule has 0 aliphatic heterocycles. The zero-order valence-corrected chi connectivity index (χ0v) is 15.0. The molecule has 0 spiro atoms. The van der Waals surface area contributed by atoms with Gasteiger partial charge in [0.15, 0.2) is 10.3 Å². The molecule has 6 nitrogen and oxygen atoms in total. The van der Waals surface area contributed by atoms with Crippen molar-refractivity contribution >= 4 is 34.1 Å². The first kappa shape index (κ1) is 16.7.